The first-order valence-corrected chi connectivity index (χ1v) is 7.06. The van der Waals surface area contributed by atoms with Crippen LogP contribution in [0.4, 0.5) is 5.69 Å². The number of likely N-dealkylation sites (N-methyl/N-ethyl adjacent to an activating group) is 1. The molecule has 0 spiro atoms. The molecule has 0 aliphatic carbocycles. The van der Waals surface area contributed by atoms with Crippen LogP contribution in [0.3, 0.4) is 0 Å². The predicted octanol–water partition coefficient (Wildman–Crippen LogP) is 0.543. The minimum Gasteiger partial charge on any atom is -0.366 e. The van der Waals surface area contributed by atoms with Crippen molar-refractivity contribution in [1.82, 2.24) is 10.6 Å². The maximum Gasteiger partial charge on any atom is 0.283 e. The van der Waals surface area contributed by atoms with Gasteiger partial charge in [0.15, 0.2) is 0 Å². The summed E-state index contributed by atoms with van der Waals surface area (Å²) >= 11 is 1.04. The lowest BCUT2D eigenvalue weighted by Crippen LogP contribution is -2.31. The number of nitrogens with zero attached hydrogens (tertiary/aromatic N) is 1. The number of nitro groups is 1. The van der Waals surface area contributed by atoms with Crippen LogP contribution < -0.4 is 16.4 Å². The average molecular weight is 349 g/mol. The number of amides is 2. The number of hydrogen-bond donors (Lipinski definition) is 3. The van der Waals surface area contributed by atoms with Gasteiger partial charge in [0.1, 0.15) is 0 Å². The molecule has 0 aromatic heterocycles. The fraction of sp³-hybridized carbons (Fsp3) is 0.333. The fourth-order valence-electron chi connectivity index (χ4n) is 1.46. The first kappa shape index (κ1) is 20.2. The van der Waals surface area contributed by atoms with Crippen LogP contribution in [0.1, 0.15) is 10.4 Å². The van der Waals surface area contributed by atoms with E-state index >= 15 is 0 Å². The molecule has 0 saturated carbocycles. The quantitative estimate of drug-likeness (QED) is 0.272. The number of hydrogen-bond acceptors (Lipinski definition) is 6. The van der Waals surface area contributed by atoms with Gasteiger partial charge < -0.3 is 16.4 Å². The van der Waals surface area contributed by atoms with Crippen molar-refractivity contribution in [3.8, 4) is 0 Å². The third-order valence-corrected chi connectivity index (χ3v) is 3.56. The lowest BCUT2D eigenvalue weighted by Gasteiger charge is -2.06. The molecule has 1 aromatic carbocycles. The largest absolute Gasteiger partial charge is 0.366 e. The Balaban J connectivity index is 0.00000441. The molecule has 1 aromatic rings. The minimum absolute atomic E-state index is 0. The molecule has 0 radical (unpaired) electrons. The molecule has 0 heterocycles. The minimum atomic E-state index is -0.737. The summed E-state index contributed by atoms with van der Waals surface area (Å²) in [7, 11) is 1.77. The van der Waals surface area contributed by atoms with Crippen LogP contribution >= 0.6 is 24.2 Å². The normalized spacial score (nSPS) is 9.68. The molecule has 0 fully saturated rings. The summed E-state index contributed by atoms with van der Waals surface area (Å²) in [6.07, 6.45) is 0. The summed E-state index contributed by atoms with van der Waals surface area (Å²) in [6.45, 7) is 1.13. The van der Waals surface area contributed by atoms with Gasteiger partial charge in [-0.05, 0) is 19.2 Å². The van der Waals surface area contributed by atoms with Gasteiger partial charge in [-0.2, -0.15) is 0 Å². The Bertz CT molecular complexity index is 556. The van der Waals surface area contributed by atoms with Crippen molar-refractivity contribution >= 4 is 41.7 Å². The molecule has 0 saturated heterocycles. The zero-order chi connectivity index (χ0) is 15.8. The summed E-state index contributed by atoms with van der Waals surface area (Å²) in [5.74, 6) is -0.900. The smallest absolute Gasteiger partial charge is 0.283 e. The van der Waals surface area contributed by atoms with Crippen molar-refractivity contribution in [3.63, 3.8) is 0 Å². The Morgan fingerprint density at radius 3 is 2.59 bits per heavy atom. The topological polar surface area (TPSA) is 127 Å². The molecule has 10 heteroatoms. The van der Waals surface area contributed by atoms with E-state index in [1.165, 1.54) is 12.1 Å². The second-order valence-electron chi connectivity index (χ2n) is 4.05. The van der Waals surface area contributed by atoms with E-state index in [-0.39, 0.29) is 35.3 Å². The number of nitrogens with one attached hydrogen (secondary N) is 2. The number of nitrogens with two attached hydrogens (primary N) is 1. The van der Waals surface area contributed by atoms with Gasteiger partial charge in [-0.1, -0.05) is 0 Å². The monoisotopic (exact) mass is 348 g/mol. The molecule has 8 nitrogen and oxygen atoms in total. The Morgan fingerprint density at radius 2 is 2.05 bits per heavy atom. The van der Waals surface area contributed by atoms with Gasteiger partial charge in [0.05, 0.1) is 15.6 Å². The molecule has 0 aliphatic heterocycles. The molecule has 0 unspecified atom stereocenters. The maximum atomic E-state index is 11.5. The second-order valence-corrected chi connectivity index (χ2v) is 5.06. The lowest BCUT2D eigenvalue weighted by atomic mass is 10.2. The highest BCUT2D eigenvalue weighted by Crippen LogP contribution is 2.29. The molecular formula is C12H17ClN4O4S. The van der Waals surface area contributed by atoms with Crippen LogP contribution in [-0.2, 0) is 4.79 Å². The molecule has 0 aliphatic rings. The number of carbonyl (C=O) groups is 2. The zero-order valence-corrected chi connectivity index (χ0v) is 13.5. The molecule has 4 N–H and O–H groups in total. The average Bonchev–Trinajstić information content (AvgIpc) is 2.45. The summed E-state index contributed by atoms with van der Waals surface area (Å²) in [5.41, 5.74) is 4.91. The Labute approximate surface area is 137 Å². The number of benzene rings is 1. The summed E-state index contributed by atoms with van der Waals surface area (Å²) in [5, 5.41) is 16.5. The maximum absolute atomic E-state index is 11.5. The zero-order valence-electron chi connectivity index (χ0n) is 11.8. The van der Waals surface area contributed by atoms with Crippen LogP contribution in [0.2, 0.25) is 0 Å². The molecule has 0 bridgehead atoms. The molecule has 22 heavy (non-hydrogen) atoms. The predicted molar refractivity (Wildman–Crippen MR) is 86.5 cm³/mol. The summed E-state index contributed by atoms with van der Waals surface area (Å²) < 4.78 is 0. The molecular weight excluding hydrogens is 332 g/mol. The third-order valence-electron chi connectivity index (χ3n) is 2.50. The molecule has 0 atom stereocenters. The van der Waals surface area contributed by atoms with E-state index in [4.69, 9.17) is 5.73 Å². The number of halogens is 1. The number of primary amides is 1. The van der Waals surface area contributed by atoms with E-state index in [9.17, 15) is 19.7 Å². The first-order valence-electron chi connectivity index (χ1n) is 6.08. The SMILES string of the molecule is CNCCNC(=O)CSc1ccc(C(N)=O)cc1[N+](=O)[O-].Cl. The number of nitro benzene ring substituents is 1. The molecule has 122 valence electrons. The Morgan fingerprint density at radius 1 is 1.36 bits per heavy atom. The van der Waals surface area contributed by atoms with Crippen molar-refractivity contribution in [3.05, 3.63) is 33.9 Å². The molecule has 2 amide bonds. The van der Waals surface area contributed by atoms with Crippen LogP contribution in [0.25, 0.3) is 0 Å². The third kappa shape index (κ3) is 6.29. The van der Waals surface area contributed by atoms with Crippen LogP contribution in [0, 0.1) is 10.1 Å². The Hall–Kier alpha value is -1.84. The van der Waals surface area contributed by atoms with Gasteiger partial charge in [0.2, 0.25) is 11.8 Å². The van der Waals surface area contributed by atoms with Gasteiger partial charge >= 0.3 is 0 Å². The van der Waals surface area contributed by atoms with Crippen LogP contribution in [0.5, 0.6) is 0 Å². The fourth-order valence-corrected chi connectivity index (χ4v) is 2.29. The van der Waals surface area contributed by atoms with Gasteiger partial charge in [0, 0.05) is 24.7 Å². The van der Waals surface area contributed by atoms with Gasteiger partial charge in [-0.25, -0.2) is 0 Å². The van der Waals surface area contributed by atoms with Gasteiger partial charge in [-0.15, -0.1) is 24.2 Å². The molecule has 1 rings (SSSR count). The second kappa shape index (κ2) is 9.98. The van der Waals surface area contributed by atoms with E-state index < -0.39 is 10.8 Å². The number of carbonyl (C=O) groups excluding carboxylic acids is 2. The highest BCUT2D eigenvalue weighted by Gasteiger charge is 2.17. The highest BCUT2D eigenvalue weighted by atomic mass is 35.5. The van der Waals surface area contributed by atoms with Crippen molar-refractivity contribution in [1.29, 1.82) is 0 Å². The highest BCUT2D eigenvalue weighted by molar-refractivity contribution is 8.00. The van der Waals surface area contributed by atoms with Crippen molar-refractivity contribution in [2.24, 2.45) is 5.73 Å². The van der Waals surface area contributed by atoms with Crippen molar-refractivity contribution in [2.45, 2.75) is 4.90 Å². The number of thioether (sulfide) groups is 1. The van der Waals surface area contributed by atoms with E-state index in [1.807, 2.05) is 0 Å². The summed E-state index contributed by atoms with van der Waals surface area (Å²) in [6, 6.07) is 3.93. The van der Waals surface area contributed by atoms with Gasteiger partial charge in [-0.3, -0.25) is 19.7 Å². The summed E-state index contributed by atoms with van der Waals surface area (Å²) in [4.78, 5) is 33.3. The van der Waals surface area contributed by atoms with Crippen LogP contribution in [0.15, 0.2) is 23.1 Å². The van der Waals surface area contributed by atoms with Gasteiger partial charge in [0.25, 0.3) is 5.69 Å². The van der Waals surface area contributed by atoms with Crippen LogP contribution in [-0.4, -0.2) is 42.6 Å². The van der Waals surface area contributed by atoms with E-state index in [2.05, 4.69) is 10.6 Å². The van der Waals surface area contributed by atoms with E-state index in [1.54, 1.807) is 7.05 Å². The van der Waals surface area contributed by atoms with Crippen molar-refractivity contribution < 1.29 is 14.5 Å². The number of rotatable bonds is 8. The van der Waals surface area contributed by atoms with E-state index in [0.29, 0.717) is 18.0 Å². The van der Waals surface area contributed by atoms with Crippen molar-refractivity contribution in [2.75, 3.05) is 25.9 Å². The van der Waals surface area contributed by atoms with E-state index in [0.717, 1.165) is 17.8 Å². The Kier molecular flexibility index (Phi) is 9.15. The lowest BCUT2D eigenvalue weighted by molar-refractivity contribution is -0.387. The first-order chi connectivity index (χ1) is 9.95. The standard InChI is InChI=1S/C12H16N4O4S.ClH/c1-14-4-5-15-11(17)7-21-10-3-2-8(12(13)18)6-9(10)16(19)20;/h2-3,6,14H,4-5,7H2,1H3,(H2,13,18)(H,15,17);1H.